The number of benzene rings is 2. The van der Waals surface area contributed by atoms with Crippen LogP contribution in [0.5, 0.6) is 0 Å². The first kappa shape index (κ1) is 21.8. The lowest BCUT2D eigenvalue weighted by Gasteiger charge is -2.12. The van der Waals surface area contributed by atoms with Crippen molar-refractivity contribution in [1.82, 2.24) is 10.6 Å². The Hall–Kier alpha value is -2.93. The highest BCUT2D eigenvalue weighted by Crippen LogP contribution is 2.16. The van der Waals surface area contributed by atoms with E-state index in [0.717, 1.165) is 42.6 Å². The van der Waals surface area contributed by atoms with E-state index in [1.165, 1.54) is 12.1 Å². The van der Waals surface area contributed by atoms with Gasteiger partial charge in [-0.25, -0.2) is 9.38 Å². The summed E-state index contributed by atoms with van der Waals surface area (Å²) in [5.41, 5.74) is 2.81. The third-order valence-electron chi connectivity index (χ3n) is 4.80. The molecule has 0 saturated carbocycles. The number of carbonyl (C=O) groups excluding carboxylic acids is 1. The number of nitrogens with zero attached hydrogens (tertiary/aromatic N) is 1. The van der Waals surface area contributed by atoms with Crippen LogP contribution in [0.25, 0.3) is 0 Å². The molecule has 30 heavy (non-hydrogen) atoms. The summed E-state index contributed by atoms with van der Waals surface area (Å²) in [4.78, 5) is 16.9. The molecule has 0 radical (unpaired) electrons. The van der Waals surface area contributed by atoms with E-state index < -0.39 is 0 Å². The second-order valence-electron chi connectivity index (χ2n) is 7.19. The number of nitrogens with one attached hydrogen (secondary N) is 3. The maximum absolute atomic E-state index is 13.0. The van der Waals surface area contributed by atoms with Crippen LogP contribution in [-0.2, 0) is 22.5 Å². The number of hydrogen-bond acceptors (Lipinski definition) is 3. The van der Waals surface area contributed by atoms with Crippen LogP contribution in [0.1, 0.15) is 30.9 Å². The highest BCUT2D eigenvalue weighted by Gasteiger charge is 2.23. The molecule has 3 N–H and O–H groups in total. The topological polar surface area (TPSA) is 74.8 Å². The third kappa shape index (κ3) is 6.84. The van der Waals surface area contributed by atoms with Crippen molar-refractivity contribution in [2.24, 2.45) is 4.99 Å². The van der Waals surface area contributed by atoms with Crippen LogP contribution < -0.4 is 16.0 Å². The molecule has 7 heteroatoms. The van der Waals surface area contributed by atoms with Crippen LogP contribution in [0.3, 0.4) is 0 Å². The molecular formula is C23H29FN4O2. The fourth-order valence-electron chi connectivity index (χ4n) is 3.24. The number of carbonyl (C=O) groups is 1. The molecule has 1 atom stereocenters. The van der Waals surface area contributed by atoms with Gasteiger partial charge in [-0.3, -0.25) is 4.79 Å². The zero-order chi connectivity index (χ0) is 21.2. The van der Waals surface area contributed by atoms with Crippen molar-refractivity contribution in [1.29, 1.82) is 0 Å². The molecular weight excluding hydrogens is 383 g/mol. The molecule has 2 aromatic carbocycles. The summed E-state index contributed by atoms with van der Waals surface area (Å²) in [5, 5.41) is 9.44. The van der Waals surface area contributed by atoms with E-state index in [1.54, 1.807) is 12.1 Å². The van der Waals surface area contributed by atoms with Gasteiger partial charge in [-0.05, 0) is 61.6 Å². The van der Waals surface area contributed by atoms with Crippen molar-refractivity contribution in [3.63, 3.8) is 0 Å². The molecule has 1 heterocycles. The summed E-state index contributed by atoms with van der Waals surface area (Å²) >= 11 is 0. The number of rotatable bonds is 8. The lowest BCUT2D eigenvalue weighted by atomic mass is 10.1. The number of aliphatic imine (C=N–C) groups is 1. The fourth-order valence-corrected chi connectivity index (χ4v) is 3.24. The number of amides is 1. The van der Waals surface area contributed by atoms with Gasteiger partial charge in [-0.15, -0.1) is 0 Å². The number of guanidine groups is 1. The van der Waals surface area contributed by atoms with Crippen LogP contribution in [0.4, 0.5) is 10.1 Å². The van der Waals surface area contributed by atoms with Gasteiger partial charge in [-0.1, -0.05) is 24.3 Å². The van der Waals surface area contributed by atoms with E-state index in [9.17, 15) is 9.18 Å². The highest BCUT2D eigenvalue weighted by molar-refractivity contribution is 5.94. The van der Waals surface area contributed by atoms with Crippen molar-refractivity contribution < 1.29 is 13.9 Å². The number of halogens is 1. The molecule has 2 aromatic rings. The minimum Gasteiger partial charge on any atom is -0.368 e. The van der Waals surface area contributed by atoms with Gasteiger partial charge in [0.15, 0.2) is 5.96 Å². The maximum atomic E-state index is 13.0. The van der Waals surface area contributed by atoms with E-state index in [4.69, 9.17) is 4.74 Å². The van der Waals surface area contributed by atoms with Crippen LogP contribution in [-0.4, -0.2) is 37.7 Å². The number of hydrogen-bond donors (Lipinski definition) is 3. The molecule has 1 aliphatic heterocycles. The van der Waals surface area contributed by atoms with Crippen LogP contribution in [0.15, 0.2) is 53.5 Å². The Kier molecular flexibility index (Phi) is 8.20. The molecule has 3 rings (SSSR count). The summed E-state index contributed by atoms with van der Waals surface area (Å²) in [6.45, 7) is 4.58. The van der Waals surface area contributed by atoms with Crippen molar-refractivity contribution in [2.45, 2.75) is 38.8 Å². The van der Waals surface area contributed by atoms with Crippen molar-refractivity contribution in [3.05, 3.63) is 65.5 Å². The zero-order valence-corrected chi connectivity index (χ0v) is 17.3. The molecule has 1 unspecified atom stereocenters. The normalized spacial score (nSPS) is 16.3. The molecule has 1 saturated heterocycles. The quantitative estimate of drug-likeness (QED) is 0.460. The van der Waals surface area contributed by atoms with Crippen molar-refractivity contribution >= 4 is 17.6 Å². The van der Waals surface area contributed by atoms with E-state index in [0.29, 0.717) is 25.7 Å². The van der Waals surface area contributed by atoms with Gasteiger partial charge >= 0.3 is 0 Å². The molecule has 1 amide bonds. The maximum Gasteiger partial charge on any atom is 0.253 e. The summed E-state index contributed by atoms with van der Waals surface area (Å²) in [5.74, 6) is 0.396. The summed E-state index contributed by atoms with van der Waals surface area (Å²) in [6.07, 6.45) is 2.12. The van der Waals surface area contributed by atoms with E-state index >= 15 is 0 Å². The largest absolute Gasteiger partial charge is 0.368 e. The Labute approximate surface area is 176 Å². The standard InChI is InChI=1S/C23H29FN4O2/c1-2-25-23(26-13-12-17-8-10-19(24)11-9-17)27-16-18-5-3-6-20(15-18)28-22(29)21-7-4-14-30-21/h3,5-6,8-11,15,21H,2,4,7,12-14,16H2,1H3,(H,28,29)(H2,25,26,27). The first-order chi connectivity index (χ1) is 14.6. The van der Waals surface area contributed by atoms with Crippen molar-refractivity contribution in [2.75, 3.05) is 25.0 Å². The second-order valence-corrected chi connectivity index (χ2v) is 7.19. The Balaban J connectivity index is 1.53. The number of ether oxygens (including phenoxy) is 1. The van der Waals surface area contributed by atoms with Gasteiger partial charge in [-0.2, -0.15) is 0 Å². The summed E-state index contributed by atoms with van der Waals surface area (Å²) < 4.78 is 18.4. The van der Waals surface area contributed by atoms with Gasteiger partial charge in [0.05, 0.1) is 6.54 Å². The first-order valence-corrected chi connectivity index (χ1v) is 10.4. The smallest absolute Gasteiger partial charge is 0.253 e. The van der Waals surface area contributed by atoms with Gasteiger partial charge in [0.2, 0.25) is 0 Å². The lowest BCUT2D eigenvalue weighted by molar-refractivity contribution is -0.124. The molecule has 1 fully saturated rings. The Morgan fingerprint density at radius 2 is 2.00 bits per heavy atom. The molecule has 6 nitrogen and oxygen atoms in total. The molecule has 0 spiro atoms. The average molecular weight is 413 g/mol. The minimum absolute atomic E-state index is 0.0936. The Morgan fingerprint density at radius 1 is 1.17 bits per heavy atom. The SMILES string of the molecule is CCNC(=NCc1cccc(NC(=O)C2CCCO2)c1)NCCc1ccc(F)cc1. The van der Waals surface area contributed by atoms with E-state index in [-0.39, 0.29) is 17.8 Å². The van der Waals surface area contributed by atoms with Crippen LogP contribution >= 0.6 is 0 Å². The lowest BCUT2D eigenvalue weighted by Crippen LogP contribution is -2.38. The minimum atomic E-state index is -0.350. The fraction of sp³-hybridized carbons (Fsp3) is 0.391. The van der Waals surface area contributed by atoms with Crippen LogP contribution in [0.2, 0.25) is 0 Å². The van der Waals surface area contributed by atoms with Gasteiger partial charge in [0.25, 0.3) is 5.91 Å². The summed E-state index contributed by atoms with van der Waals surface area (Å²) in [6, 6.07) is 14.2. The predicted molar refractivity (Wildman–Crippen MR) is 117 cm³/mol. The van der Waals surface area contributed by atoms with E-state index in [2.05, 4.69) is 20.9 Å². The molecule has 1 aliphatic rings. The third-order valence-corrected chi connectivity index (χ3v) is 4.80. The van der Waals surface area contributed by atoms with Crippen molar-refractivity contribution in [3.8, 4) is 0 Å². The first-order valence-electron chi connectivity index (χ1n) is 10.4. The second kappa shape index (κ2) is 11.3. The van der Waals surface area contributed by atoms with Gasteiger partial charge in [0.1, 0.15) is 11.9 Å². The highest BCUT2D eigenvalue weighted by atomic mass is 19.1. The summed E-state index contributed by atoms with van der Waals surface area (Å²) in [7, 11) is 0. The van der Waals surface area contributed by atoms with Gasteiger partial charge in [0, 0.05) is 25.4 Å². The Morgan fingerprint density at radius 3 is 2.73 bits per heavy atom. The molecule has 0 aromatic heterocycles. The average Bonchev–Trinajstić information content (AvgIpc) is 3.29. The predicted octanol–water partition coefficient (Wildman–Crippen LogP) is 3.24. The molecule has 160 valence electrons. The monoisotopic (exact) mass is 412 g/mol. The number of anilines is 1. The molecule has 0 bridgehead atoms. The van der Waals surface area contributed by atoms with E-state index in [1.807, 2.05) is 31.2 Å². The zero-order valence-electron chi connectivity index (χ0n) is 17.3. The van der Waals surface area contributed by atoms with Crippen LogP contribution in [0, 0.1) is 5.82 Å². The van der Waals surface area contributed by atoms with Gasteiger partial charge < -0.3 is 20.7 Å². The Bertz CT molecular complexity index is 849. The molecule has 0 aliphatic carbocycles.